The highest BCUT2D eigenvalue weighted by Crippen LogP contribution is 2.38. The number of hydrogen-bond acceptors (Lipinski definition) is 3. The molecule has 5 heteroatoms. The van der Waals surface area contributed by atoms with Crippen LogP contribution in [0.2, 0.25) is 0 Å². The number of esters is 1. The molecule has 0 bridgehead atoms. The summed E-state index contributed by atoms with van der Waals surface area (Å²) in [6.45, 7) is 3.68. The standard InChI is InChI=1S/C18H18BrNO3/c1-11-9-16(12(2)20(11)15-7-8-15)18(22)23-10-17(21)13-3-5-14(19)6-4-13/h3-6,9,15H,7-8,10H2,1-2H3. The summed E-state index contributed by atoms with van der Waals surface area (Å²) in [5, 5.41) is 0. The highest BCUT2D eigenvalue weighted by molar-refractivity contribution is 9.10. The van der Waals surface area contributed by atoms with E-state index in [-0.39, 0.29) is 12.4 Å². The number of rotatable bonds is 5. The quantitative estimate of drug-likeness (QED) is 0.579. The molecule has 1 fully saturated rings. The van der Waals surface area contributed by atoms with Gasteiger partial charge >= 0.3 is 5.97 Å². The fourth-order valence-corrected chi connectivity index (χ4v) is 3.07. The van der Waals surface area contributed by atoms with Crippen LogP contribution in [-0.4, -0.2) is 22.9 Å². The molecule has 1 aromatic heterocycles. The van der Waals surface area contributed by atoms with Gasteiger partial charge in [-0.15, -0.1) is 0 Å². The maximum absolute atomic E-state index is 12.3. The van der Waals surface area contributed by atoms with Gasteiger partial charge in [-0.25, -0.2) is 4.79 Å². The van der Waals surface area contributed by atoms with E-state index in [4.69, 9.17) is 4.74 Å². The number of ether oxygens (including phenoxy) is 1. The van der Waals surface area contributed by atoms with Gasteiger partial charge in [-0.2, -0.15) is 0 Å². The fourth-order valence-electron chi connectivity index (χ4n) is 2.81. The third-order valence-corrected chi connectivity index (χ3v) is 4.65. The molecule has 0 radical (unpaired) electrons. The van der Waals surface area contributed by atoms with Gasteiger partial charge in [0.05, 0.1) is 5.56 Å². The van der Waals surface area contributed by atoms with Gasteiger partial charge in [-0.1, -0.05) is 28.1 Å². The van der Waals surface area contributed by atoms with Crippen molar-refractivity contribution in [3.05, 3.63) is 57.3 Å². The first-order chi connectivity index (χ1) is 11.0. The molecule has 0 unspecified atom stereocenters. The number of carbonyl (C=O) groups is 2. The van der Waals surface area contributed by atoms with Crippen LogP contribution in [0.1, 0.15) is 51.0 Å². The molecule has 1 heterocycles. The second kappa shape index (κ2) is 6.32. The number of benzene rings is 1. The summed E-state index contributed by atoms with van der Waals surface area (Å²) in [5.74, 6) is -0.641. The Morgan fingerprint density at radius 1 is 1.22 bits per heavy atom. The lowest BCUT2D eigenvalue weighted by molar-refractivity contribution is 0.0474. The van der Waals surface area contributed by atoms with Crippen LogP contribution < -0.4 is 0 Å². The normalized spacial score (nSPS) is 13.9. The minimum Gasteiger partial charge on any atom is -0.454 e. The van der Waals surface area contributed by atoms with Crippen molar-refractivity contribution in [3.8, 4) is 0 Å². The second-order valence-corrected chi connectivity index (χ2v) is 6.81. The number of halogens is 1. The smallest absolute Gasteiger partial charge is 0.340 e. The molecule has 2 aromatic rings. The zero-order chi connectivity index (χ0) is 16.6. The van der Waals surface area contributed by atoms with Crippen LogP contribution >= 0.6 is 15.9 Å². The van der Waals surface area contributed by atoms with E-state index < -0.39 is 5.97 Å². The lowest BCUT2D eigenvalue weighted by Gasteiger charge is -2.08. The summed E-state index contributed by atoms with van der Waals surface area (Å²) in [6, 6.07) is 9.36. The summed E-state index contributed by atoms with van der Waals surface area (Å²) in [6.07, 6.45) is 2.32. The Morgan fingerprint density at radius 2 is 1.87 bits per heavy atom. The van der Waals surface area contributed by atoms with Crippen molar-refractivity contribution in [1.29, 1.82) is 0 Å². The van der Waals surface area contributed by atoms with Crippen LogP contribution in [-0.2, 0) is 4.74 Å². The van der Waals surface area contributed by atoms with Gasteiger partial charge in [0.25, 0.3) is 0 Å². The molecule has 120 valence electrons. The highest BCUT2D eigenvalue weighted by atomic mass is 79.9. The molecule has 4 nitrogen and oxygen atoms in total. The maximum atomic E-state index is 12.3. The number of Topliss-reactive ketones (excluding diaryl/α,β-unsaturated/α-hetero) is 1. The number of hydrogen-bond donors (Lipinski definition) is 0. The predicted octanol–water partition coefficient (Wildman–Crippen LogP) is 4.24. The van der Waals surface area contributed by atoms with Gasteiger partial charge in [-0.05, 0) is 44.9 Å². The van der Waals surface area contributed by atoms with E-state index in [1.54, 1.807) is 24.3 Å². The van der Waals surface area contributed by atoms with Crippen LogP contribution in [0.4, 0.5) is 0 Å². The van der Waals surface area contributed by atoms with Gasteiger partial charge < -0.3 is 9.30 Å². The molecule has 1 saturated carbocycles. The molecule has 0 spiro atoms. The lowest BCUT2D eigenvalue weighted by Crippen LogP contribution is -2.15. The van der Waals surface area contributed by atoms with Gasteiger partial charge in [-0.3, -0.25) is 4.79 Å². The van der Waals surface area contributed by atoms with Gasteiger partial charge in [0.2, 0.25) is 0 Å². The molecular formula is C18H18BrNO3. The van der Waals surface area contributed by atoms with Crippen LogP contribution in [0.3, 0.4) is 0 Å². The average molecular weight is 376 g/mol. The lowest BCUT2D eigenvalue weighted by atomic mass is 10.1. The van der Waals surface area contributed by atoms with Gasteiger partial charge in [0.15, 0.2) is 12.4 Å². The average Bonchev–Trinajstić information content (AvgIpc) is 3.31. The first kappa shape index (κ1) is 16.0. The molecule has 0 aliphatic heterocycles. The zero-order valence-electron chi connectivity index (χ0n) is 13.1. The largest absolute Gasteiger partial charge is 0.454 e. The van der Waals surface area contributed by atoms with Crippen molar-refractivity contribution < 1.29 is 14.3 Å². The van der Waals surface area contributed by atoms with E-state index in [0.717, 1.165) is 28.7 Å². The van der Waals surface area contributed by atoms with Crippen molar-refractivity contribution in [2.75, 3.05) is 6.61 Å². The van der Waals surface area contributed by atoms with Crippen molar-refractivity contribution in [1.82, 2.24) is 4.57 Å². The van der Waals surface area contributed by atoms with Crippen molar-refractivity contribution in [2.24, 2.45) is 0 Å². The first-order valence-electron chi connectivity index (χ1n) is 7.61. The van der Waals surface area contributed by atoms with Gasteiger partial charge in [0, 0.05) is 27.5 Å². The monoisotopic (exact) mass is 375 g/mol. The Hall–Kier alpha value is -1.88. The van der Waals surface area contributed by atoms with E-state index in [2.05, 4.69) is 20.5 Å². The summed E-state index contributed by atoms with van der Waals surface area (Å²) in [4.78, 5) is 24.3. The fraction of sp³-hybridized carbons (Fsp3) is 0.333. The summed E-state index contributed by atoms with van der Waals surface area (Å²) < 4.78 is 8.30. The SMILES string of the molecule is Cc1cc(C(=O)OCC(=O)c2ccc(Br)cc2)c(C)n1C1CC1. The van der Waals surface area contributed by atoms with Crippen LogP contribution in [0, 0.1) is 13.8 Å². The topological polar surface area (TPSA) is 48.3 Å². The molecule has 0 amide bonds. The third kappa shape index (κ3) is 3.39. The molecule has 1 aromatic carbocycles. The second-order valence-electron chi connectivity index (χ2n) is 5.89. The van der Waals surface area contributed by atoms with E-state index in [1.807, 2.05) is 19.9 Å². The molecule has 0 atom stereocenters. The first-order valence-corrected chi connectivity index (χ1v) is 8.41. The van der Waals surface area contributed by atoms with Crippen LogP contribution in [0.25, 0.3) is 0 Å². The Balaban J connectivity index is 1.66. The van der Waals surface area contributed by atoms with Crippen LogP contribution in [0.5, 0.6) is 0 Å². The molecule has 1 aliphatic carbocycles. The van der Waals surface area contributed by atoms with Crippen LogP contribution in [0.15, 0.2) is 34.8 Å². The summed E-state index contributed by atoms with van der Waals surface area (Å²) >= 11 is 3.32. The summed E-state index contributed by atoms with van der Waals surface area (Å²) in [7, 11) is 0. The van der Waals surface area contributed by atoms with Crippen molar-refractivity contribution in [2.45, 2.75) is 32.7 Å². The molecule has 0 N–H and O–H groups in total. The zero-order valence-corrected chi connectivity index (χ0v) is 14.7. The number of aryl methyl sites for hydroxylation is 1. The van der Waals surface area contributed by atoms with Crippen molar-refractivity contribution in [3.63, 3.8) is 0 Å². The molecule has 1 aliphatic rings. The Bertz CT molecular complexity index is 757. The minimum absolute atomic E-state index is 0.207. The minimum atomic E-state index is -0.435. The van der Waals surface area contributed by atoms with E-state index >= 15 is 0 Å². The van der Waals surface area contributed by atoms with E-state index in [0.29, 0.717) is 17.2 Å². The molecule has 0 saturated heterocycles. The number of aromatic nitrogens is 1. The van der Waals surface area contributed by atoms with Crippen molar-refractivity contribution >= 4 is 27.7 Å². The predicted molar refractivity (Wildman–Crippen MR) is 90.9 cm³/mol. The molecular weight excluding hydrogens is 358 g/mol. The van der Waals surface area contributed by atoms with Gasteiger partial charge in [0.1, 0.15) is 0 Å². The maximum Gasteiger partial charge on any atom is 0.340 e. The molecule has 23 heavy (non-hydrogen) atoms. The Kier molecular flexibility index (Phi) is 4.39. The third-order valence-electron chi connectivity index (χ3n) is 4.12. The highest BCUT2D eigenvalue weighted by Gasteiger charge is 2.28. The number of nitrogens with zero attached hydrogens (tertiary/aromatic N) is 1. The Labute approximate surface area is 143 Å². The van der Waals surface area contributed by atoms with E-state index in [9.17, 15) is 9.59 Å². The number of carbonyl (C=O) groups excluding carboxylic acids is 2. The Morgan fingerprint density at radius 3 is 2.48 bits per heavy atom. The van der Waals surface area contributed by atoms with E-state index in [1.165, 1.54) is 0 Å². The summed E-state index contributed by atoms with van der Waals surface area (Å²) in [5.41, 5.74) is 3.07. The number of ketones is 1. The molecule has 3 rings (SSSR count).